The highest BCUT2D eigenvalue weighted by Gasteiger charge is 2.29. The molecule has 0 amide bonds. The average molecular weight is 314 g/mol. The van der Waals surface area contributed by atoms with E-state index in [2.05, 4.69) is 22.1 Å². The molecule has 0 spiro atoms. The second-order valence-electron chi connectivity index (χ2n) is 6.51. The van der Waals surface area contributed by atoms with Gasteiger partial charge in [-0.1, -0.05) is 30.3 Å². The van der Waals surface area contributed by atoms with Gasteiger partial charge in [0.05, 0.1) is 23.5 Å². The van der Waals surface area contributed by atoms with Crippen molar-refractivity contribution in [3.05, 3.63) is 41.7 Å². The lowest BCUT2D eigenvalue weighted by Gasteiger charge is -2.34. The number of aryl methyl sites for hydroxylation is 1. The summed E-state index contributed by atoms with van der Waals surface area (Å²) in [5.41, 5.74) is 3.02. The molecule has 0 radical (unpaired) electrons. The maximum atomic E-state index is 11.3. The van der Waals surface area contributed by atoms with Crippen LogP contribution in [0.4, 0.5) is 0 Å². The van der Waals surface area contributed by atoms with Gasteiger partial charge in [-0.2, -0.15) is 0 Å². The van der Waals surface area contributed by atoms with Gasteiger partial charge in [-0.25, -0.2) is 4.68 Å². The molecule has 1 aromatic heterocycles. The van der Waals surface area contributed by atoms with Gasteiger partial charge in [-0.15, -0.1) is 5.10 Å². The standard InChI is InChI=1S/C17H22N4O2/c1-12-7-14(17(22)23)9-20(8-12)10-15-11-21(19-18-15)16-6-4-3-5-13(16)2/h3-6,11-12,14H,7-10H2,1-2H3,(H,22,23). The highest BCUT2D eigenvalue weighted by atomic mass is 16.4. The molecule has 6 heteroatoms. The van der Waals surface area contributed by atoms with E-state index in [1.165, 1.54) is 0 Å². The van der Waals surface area contributed by atoms with Gasteiger partial charge in [0.15, 0.2) is 0 Å². The van der Waals surface area contributed by atoms with Crippen LogP contribution >= 0.6 is 0 Å². The van der Waals surface area contributed by atoms with Crippen molar-refractivity contribution < 1.29 is 9.90 Å². The molecule has 1 aliphatic rings. The summed E-state index contributed by atoms with van der Waals surface area (Å²) in [5, 5.41) is 17.7. The second-order valence-corrected chi connectivity index (χ2v) is 6.51. The number of hydrogen-bond acceptors (Lipinski definition) is 4. The molecule has 0 bridgehead atoms. The lowest BCUT2D eigenvalue weighted by Crippen LogP contribution is -2.42. The van der Waals surface area contributed by atoms with Crippen LogP contribution < -0.4 is 0 Å². The molecule has 0 saturated carbocycles. The smallest absolute Gasteiger partial charge is 0.307 e. The molecular weight excluding hydrogens is 292 g/mol. The molecule has 6 nitrogen and oxygen atoms in total. The van der Waals surface area contributed by atoms with Gasteiger partial charge in [0.1, 0.15) is 0 Å². The summed E-state index contributed by atoms with van der Waals surface area (Å²) in [7, 11) is 0. The van der Waals surface area contributed by atoms with Gasteiger partial charge in [-0.3, -0.25) is 9.69 Å². The zero-order chi connectivity index (χ0) is 16.4. The van der Waals surface area contributed by atoms with Crippen molar-refractivity contribution in [2.45, 2.75) is 26.8 Å². The third-order valence-corrected chi connectivity index (χ3v) is 4.37. The molecule has 1 saturated heterocycles. The number of carbonyl (C=O) groups is 1. The number of carboxylic acids is 1. The van der Waals surface area contributed by atoms with E-state index in [4.69, 9.17) is 0 Å². The highest BCUT2D eigenvalue weighted by molar-refractivity contribution is 5.70. The van der Waals surface area contributed by atoms with Gasteiger partial charge in [0.25, 0.3) is 0 Å². The van der Waals surface area contributed by atoms with Crippen molar-refractivity contribution in [3.8, 4) is 5.69 Å². The first kappa shape index (κ1) is 15.7. The first-order chi connectivity index (χ1) is 11.0. The van der Waals surface area contributed by atoms with Crippen molar-refractivity contribution in [2.24, 2.45) is 11.8 Å². The number of piperidine rings is 1. The molecule has 3 rings (SSSR count). The van der Waals surface area contributed by atoms with Crippen LogP contribution in [0, 0.1) is 18.8 Å². The van der Waals surface area contributed by atoms with Crippen LogP contribution in [-0.2, 0) is 11.3 Å². The zero-order valence-electron chi connectivity index (χ0n) is 13.5. The Balaban J connectivity index is 1.72. The molecule has 122 valence electrons. The van der Waals surface area contributed by atoms with Crippen molar-refractivity contribution in [3.63, 3.8) is 0 Å². The Bertz CT molecular complexity index is 697. The maximum absolute atomic E-state index is 11.3. The van der Waals surface area contributed by atoms with E-state index in [0.717, 1.165) is 29.9 Å². The summed E-state index contributed by atoms with van der Waals surface area (Å²) in [6.07, 6.45) is 2.68. The Hall–Kier alpha value is -2.21. The van der Waals surface area contributed by atoms with Gasteiger partial charge in [0, 0.05) is 19.6 Å². The summed E-state index contributed by atoms with van der Waals surface area (Å²) in [6.45, 7) is 6.27. The second kappa shape index (κ2) is 6.50. The Labute approximate surface area is 135 Å². The van der Waals surface area contributed by atoms with Crippen molar-refractivity contribution >= 4 is 5.97 Å². The quantitative estimate of drug-likeness (QED) is 0.936. The molecule has 1 fully saturated rings. The lowest BCUT2D eigenvalue weighted by atomic mass is 9.90. The number of aromatic nitrogens is 3. The molecule has 2 unspecified atom stereocenters. The summed E-state index contributed by atoms with van der Waals surface area (Å²) in [4.78, 5) is 13.4. The predicted octanol–water partition coefficient (Wildman–Crippen LogP) is 2.12. The molecule has 0 aliphatic carbocycles. The molecule has 2 aromatic rings. The van der Waals surface area contributed by atoms with Gasteiger partial charge in [0.2, 0.25) is 0 Å². The minimum atomic E-state index is -0.704. The minimum Gasteiger partial charge on any atom is -0.481 e. The normalized spacial score (nSPS) is 22.2. The number of likely N-dealkylation sites (tertiary alicyclic amines) is 1. The fourth-order valence-electron chi connectivity index (χ4n) is 3.31. The van der Waals surface area contributed by atoms with Crippen LogP contribution in [0.1, 0.15) is 24.6 Å². The van der Waals surface area contributed by atoms with Crippen LogP contribution in [-0.4, -0.2) is 44.1 Å². The maximum Gasteiger partial charge on any atom is 0.307 e. The average Bonchev–Trinajstić information content (AvgIpc) is 2.95. The molecule has 1 N–H and O–H groups in total. The largest absolute Gasteiger partial charge is 0.481 e. The predicted molar refractivity (Wildman–Crippen MR) is 86.3 cm³/mol. The molecule has 23 heavy (non-hydrogen) atoms. The zero-order valence-corrected chi connectivity index (χ0v) is 13.5. The topological polar surface area (TPSA) is 71.2 Å². The number of benzene rings is 1. The third kappa shape index (κ3) is 3.59. The fourth-order valence-corrected chi connectivity index (χ4v) is 3.31. The van der Waals surface area contributed by atoms with E-state index < -0.39 is 5.97 Å². The summed E-state index contributed by atoms with van der Waals surface area (Å²) >= 11 is 0. The Morgan fingerprint density at radius 1 is 1.35 bits per heavy atom. The van der Waals surface area contributed by atoms with E-state index >= 15 is 0 Å². The number of hydrogen-bond donors (Lipinski definition) is 1. The molecular formula is C17H22N4O2. The van der Waals surface area contributed by atoms with Crippen LogP contribution in [0.2, 0.25) is 0 Å². The number of para-hydroxylation sites is 1. The number of carboxylic acid groups (broad SMARTS) is 1. The van der Waals surface area contributed by atoms with Crippen molar-refractivity contribution in [1.82, 2.24) is 19.9 Å². The number of aliphatic carboxylic acids is 1. The summed E-state index contributed by atoms with van der Waals surface area (Å²) in [6, 6.07) is 8.03. The van der Waals surface area contributed by atoms with Gasteiger partial charge >= 0.3 is 5.97 Å². The van der Waals surface area contributed by atoms with Gasteiger partial charge < -0.3 is 5.11 Å². The van der Waals surface area contributed by atoms with E-state index in [1.807, 2.05) is 37.4 Å². The first-order valence-corrected chi connectivity index (χ1v) is 7.95. The Kier molecular flexibility index (Phi) is 4.43. The SMILES string of the molecule is Cc1ccccc1-n1cc(CN2CC(C)CC(C(=O)O)C2)nn1. The van der Waals surface area contributed by atoms with E-state index in [9.17, 15) is 9.90 Å². The van der Waals surface area contributed by atoms with Crippen LogP contribution in [0.5, 0.6) is 0 Å². The molecule has 2 heterocycles. The van der Waals surface area contributed by atoms with E-state index in [-0.39, 0.29) is 5.92 Å². The van der Waals surface area contributed by atoms with Crippen LogP contribution in [0.3, 0.4) is 0 Å². The number of nitrogens with zero attached hydrogens (tertiary/aromatic N) is 4. The van der Waals surface area contributed by atoms with Gasteiger partial charge in [-0.05, 0) is 30.9 Å². The molecule has 1 aliphatic heterocycles. The van der Waals surface area contributed by atoms with E-state index in [0.29, 0.717) is 19.0 Å². The molecule has 1 aromatic carbocycles. The third-order valence-electron chi connectivity index (χ3n) is 4.37. The van der Waals surface area contributed by atoms with Crippen LogP contribution in [0.15, 0.2) is 30.5 Å². The lowest BCUT2D eigenvalue weighted by molar-refractivity contribution is -0.144. The first-order valence-electron chi connectivity index (χ1n) is 7.95. The molecule has 2 atom stereocenters. The Morgan fingerprint density at radius 3 is 2.87 bits per heavy atom. The van der Waals surface area contributed by atoms with Crippen LogP contribution in [0.25, 0.3) is 5.69 Å². The highest BCUT2D eigenvalue weighted by Crippen LogP contribution is 2.23. The monoisotopic (exact) mass is 314 g/mol. The van der Waals surface area contributed by atoms with E-state index in [1.54, 1.807) is 4.68 Å². The minimum absolute atomic E-state index is 0.287. The van der Waals surface area contributed by atoms with Crippen molar-refractivity contribution in [2.75, 3.05) is 13.1 Å². The number of rotatable bonds is 4. The van der Waals surface area contributed by atoms with Crippen molar-refractivity contribution in [1.29, 1.82) is 0 Å². The summed E-state index contributed by atoms with van der Waals surface area (Å²) in [5.74, 6) is -0.605. The fraction of sp³-hybridized carbons (Fsp3) is 0.471. The Morgan fingerprint density at radius 2 is 2.13 bits per heavy atom. The summed E-state index contributed by atoms with van der Waals surface area (Å²) < 4.78 is 1.78.